The van der Waals surface area contributed by atoms with E-state index in [9.17, 15) is 4.79 Å². The Morgan fingerprint density at radius 3 is 2.64 bits per heavy atom. The normalized spacial score (nSPS) is 11.7. The summed E-state index contributed by atoms with van der Waals surface area (Å²) in [6.45, 7) is 8.91. The molecule has 2 N–H and O–H groups in total. The number of carbonyl (C=O) groups is 1. The number of anilines is 1. The monoisotopic (exact) mass is 384 g/mol. The lowest BCUT2D eigenvalue weighted by Crippen LogP contribution is -2.33. The van der Waals surface area contributed by atoms with Crippen molar-refractivity contribution < 1.29 is 9.53 Å². The Morgan fingerprint density at radius 1 is 1.14 bits per heavy atom. The molecule has 0 aliphatic carbocycles. The van der Waals surface area contributed by atoms with Crippen LogP contribution in [-0.4, -0.2) is 44.4 Å². The van der Waals surface area contributed by atoms with E-state index < -0.39 is 5.60 Å². The van der Waals surface area contributed by atoms with Crippen LogP contribution in [0.5, 0.6) is 0 Å². The first kappa shape index (κ1) is 19.9. The minimum Gasteiger partial charge on any atom is -0.444 e. The Kier molecular flexibility index (Phi) is 5.96. The molecule has 0 unspecified atom stereocenters. The molecule has 0 saturated carbocycles. The number of amides is 1. The zero-order valence-electron chi connectivity index (χ0n) is 17.0. The van der Waals surface area contributed by atoms with Crippen LogP contribution < -0.4 is 10.6 Å². The maximum absolute atomic E-state index is 11.6. The predicted molar refractivity (Wildman–Crippen MR) is 110 cm³/mol. The van der Waals surface area contributed by atoms with Crippen LogP contribution in [0.1, 0.15) is 46.4 Å². The molecule has 28 heavy (non-hydrogen) atoms. The molecule has 0 bridgehead atoms. The number of hydrogen-bond donors (Lipinski definition) is 2. The van der Waals surface area contributed by atoms with Gasteiger partial charge in [0.05, 0.1) is 11.0 Å². The topological polar surface area (TPSA) is 93.4 Å². The quantitative estimate of drug-likeness (QED) is 0.605. The number of fused-ring (bicyclic) bond motifs is 3. The molecule has 2 heterocycles. The van der Waals surface area contributed by atoms with Crippen LogP contribution >= 0.6 is 0 Å². The third kappa shape index (κ3) is 4.68. The summed E-state index contributed by atoms with van der Waals surface area (Å²) in [4.78, 5) is 16.4. The van der Waals surface area contributed by atoms with E-state index >= 15 is 0 Å². The van der Waals surface area contributed by atoms with Crippen molar-refractivity contribution in [1.29, 1.82) is 0 Å². The molecular formula is C20H28N6O2. The molecule has 0 aliphatic heterocycles. The lowest BCUT2D eigenvalue weighted by atomic mass is 10.2. The van der Waals surface area contributed by atoms with Crippen molar-refractivity contribution in [2.75, 3.05) is 18.4 Å². The fourth-order valence-electron chi connectivity index (χ4n) is 2.95. The second-order valence-corrected chi connectivity index (χ2v) is 7.64. The van der Waals surface area contributed by atoms with Gasteiger partial charge in [0.2, 0.25) is 5.65 Å². The number of hydrogen-bond acceptors (Lipinski definition) is 6. The van der Waals surface area contributed by atoms with E-state index in [2.05, 4.69) is 32.2 Å². The summed E-state index contributed by atoms with van der Waals surface area (Å²) in [7, 11) is 0. The summed E-state index contributed by atoms with van der Waals surface area (Å²) >= 11 is 0. The number of carbonyl (C=O) groups excluding carboxylic acids is 1. The van der Waals surface area contributed by atoms with Crippen LogP contribution in [0.4, 0.5) is 10.6 Å². The van der Waals surface area contributed by atoms with E-state index in [1.807, 2.05) is 45.0 Å². The van der Waals surface area contributed by atoms with Crippen LogP contribution in [0.25, 0.3) is 16.7 Å². The third-order valence-corrected chi connectivity index (χ3v) is 4.18. The number of nitrogens with one attached hydrogen (secondary N) is 2. The number of para-hydroxylation sites is 2. The number of nitrogens with zero attached hydrogens (tertiary/aromatic N) is 4. The van der Waals surface area contributed by atoms with Crippen LogP contribution in [0, 0.1) is 0 Å². The summed E-state index contributed by atoms with van der Waals surface area (Å²) in [5.74, 6) is 1.64. The molecule has 3 rings (SSSR count). The van der Waals surface area contributed by atoms with Crippen molar-refractivity contribution >= 4 is 28.6 Å². The minimum atomic E-state index is -0.478. The molecule has 8 heteroatoms. The first-order chi connectivity index (χ1) is 13.4. The molecule has 0 saturated heterocycles. The molecule has 0 aliphatic rings. The summed E-state index contributed by atoms with van der Waals surface area (Å²) in [6.07, 6.45) is 2.13. The number of aryl methyl sites for hydroxylation is 1. The van der Waals surface area contributed by atoms with Gasteiger partial charge in [-0.1, -0.05) is 19.1 Å². The number of unbranched alkanes of at least 4 members (excludes halogenated alkanes) is 1. The molecule has 1 amide bonds. The molecule has 1 aromatic carbocycles. The molecule has 0 fully saturated rings. The first-order valence-corrected chi connectivity index (χ1v) is 9.72. The number of alkyl carbamates (subject to hydrolysis) is 1. The number of aromatic nitrogens is 4. The third-order valence-electron chi connectivity index (χ3n) is 4.18. The Labute approximate surface area is 164 Å². The van der Waals surface area contributed by atoms with Gasteiger partial charge >= 0.3 is 6.09 Å². The summed E-state index contributed by atoms with van der Waals surface area (Å²) in [5.41, 5.74) is 2.17. The smallest absolute Gasteiger partial charge is 0.407 e. The van der Waals surface area contributed by atoms with Crippen molar-refractivity contribution in [3.63, 3.8) is 0 Å². The molecule has 8 nitrogen and oxygen atoms in total. The van der Waals surface area contributed by atoms with Crippen molar-refractivity contribution in [3.05, 3.63) is 30.1 Å². The van der Waals surface area contributed by atoms with Crippen LogP contribution in [0.3, 0.4) is 0 Å². The maximum Gasteiger partial charge on any atom is 0.407 e. The van der Waals surface area contributed by atoms with Gasteiger partial charge in [0, 0.05) is 19.5 Å². The lowest BCUT2D eigenvalue weighted by molar-refractivity contribution is 0.0527. The Morgan fingerprint density at radius 2 is 1.89 bits per heavy atom. The van der Waals surface area contributed by atoms with E-state index in [4.69, 9.17) is 9.72 Å². The molecule has 0 spiro atoms. The number of ether oxygens (including phenoxy) is 1. The van der Waals surface area contributed by atoms with Crippen LogP contribution in [-0.2, 0) is 11.2 Å². The highest BCUT2D eigenvalue weighted by Gasteiger charge is 2.16. The number of rotatable bonds is 7. The van der Waals surface area contributed by atoms with Crippen molar-refractivity contribution in [2.45, 2.75) is 52.6 Å². The number of benzene rings is 1. The molecule has 0 radical (unpaired) electrons. The van der Waals surface area contributed by atoms with Gasteiger partial charge in [0.25, 0.3) is 0 Å². The average Bonchev–Trinajstić information content (AvgIpc) is 3.07. The van der Waals surface area contributed by atoms with Gasteiger partial charge in [0.1, 0.15) is 11.4 Å². The van der Waals surface area contributed by atoms with Gasteiger partial charge in [-0.3, -0.25) is 4.40 Å². The Hall–Kier alpha value is -2.90. The van der Waals surface area contributed by atoms with E-state index in [0.29, 0.717) is 6.54 Å². The van der Waals surface area contributed by atoms with E-state index in [-0.39, 0.29) is 6.09 Å². The van der Waals surface area contributed by atoms with Crippen molar-refractivity contribution in [2.24, 2.45) is 0 Å². The molecule has 150 valence electrons. The van der Waals surface area contributed by atoms with Gasteiger partial charge in [-0.15, -0.1) is 10.2 Å². The second kappa shape index (κ2) is 8.41. The maximum atomic E-state index is 11.6. The van der Waals surface area contributed by atoms with Gasteiger partial charge in [0.15, 0.2) is 5.82 Å². The van der Waals surface area contributed by atoms with E-state index in [0.717, 1.165) is 54.1 Å². The zero-order valence-corrected chi connectivity index (χ0v) is 17.0. The second-order valence-electron chi connectivity index (χ2n) is 7.64. The summed E-state index contributed by atoms with van der Waals surface area (Å²) in [6, 6.07) is 7.99. The van der Waals surface area contributed by atoms with E-state index in [1.165, 1.54) is 0 Å². The molecule has 0 atom stereocenters. The fraction of sp³-hybridized carbons (Fsp3) is 0.500. The predicted octanol–water partition coefficient (Wildman–Crippen LogP) is 3.56. The van der Waals surface area contributed by atoms with Gasteiger partial charge < -0.3 is 15.4 Å². The summed E-state index contributed by atoms with van der Waals surface area (Å²) in [5, 5.41) is 14.8. The highest BCUT2D eigenvalue weighted by Crippen LogP contribution is 2.21. The standard InChI is InChI=1S/C20H28N6O2/c1-5-16-24-25-18-17(23-14-10-6-7-11-15(14)26(16)18)21-12-8-9-13-22-19(27)28-20(2,3)4/h6-7,10-11H,5,8-9,12-13H2,1-4H3,(H,21,23)(H,22,27). The average molecular weight is 384 g/mol. The largest absolute Gasteiger partial charge is 0.444 e. The van der Waals surface area contributed by atoms with Crippen molar-refractivity contribution in [1.82, 2.24) is 24.9 Å². The summed E-state index contributed by atoms with van der Waals surface area (Å²) < 4.78 is 7.29. The molecule has 3 aromatic rings. The highest BCUT2D eigenvalue weighted by molar-refractivity contribution is 5.82. The lowest BCUT2D eigenvalue weighted by Gasteiger charge is -2.19. The van der Waals surface area contributed by atoms with Gasteiger partial charge in [-0.05, 0) is 45.7 Å². The Balaban J connectivity index is 1.59. The fourth-order valence-corrected chi connectivity index (χ4v) is 2.95. The zero-order chi connectivity index (χ0) is 20.1. The minimum absolute atomic E-state index is 0.381. The van der Waals surface area contributed by atoms with Crippen LogP contribution in [0.2, 0.25) is 0 Å². The van der Waals surface area contributed by atoms with Gasteiger partial charge in [-0.25, -0.2) is 9.78 Å². The van der Waals surface area contributed by atoms with Crippen LogP contribution in [0.15, 0.2) is 24.3 Å². The van der Waals surface area contributed by atoms with Crippen molar-refractivity contribution in [3.8, 4) is 0 Å². The highest BCUT2D eigenvalue weighted by atomic mass is 16.6. The first-order valence-electron chi connectivity index (χ1n) is 9.72. The SMILES string of the molecule is CCc1nnc2c(NCCCCNC(=O)OC(C)(C)C)nc3ccccc3n12. The van der Waals surface area contributed by atoms with E-state index in [1.54, 1.807) is 0 Å². The van der Waals surface area contributed by atoms with Gasteiger partial charge in [-0.2, -0.15) is 0 Å². The Bertz CT molecular complexity index is 960. The molecular weight excluding hydrogens is 356 g/mol. The molecule has 2 aromatic heterocycles.